The molecule has 14 nitrogen and oxygen atoms in total. The number of likely N-dealkylation sites (tertiary alicyclic amines) is 2. The minimum absolute atomic E-state index is 0.0136. The lowest BCUT2D eigenvalue weighted by molar-refractivity contribution is -0.124. The molecule has 3 heterocycles. The molecule has 0 bridgehead atoms. The molecular formula is C55H82ClFN10O4. The molecule has 3 fully saturated rings. The van der Waals surface area contributed by atoms with Gasteiger partial charge in [-0.1, -0.05) is 75.4 Å². The van der Waals surface area contributed by atoms with Crippen LogP contribution in [0.15, 0.2) is 36.4 Å². The standard InChI is InChI=1S/C46H59ClFN7O2.C7H14N2O.CH5N.CH4O/c1-9-30(2)39-33(19-20-36(48)41(39)50)40-31(3)42-34(27-35(40)47)43(54(7)8)53-44(52-42)57-29-46(22-23-49)21-15-25-55(28-46)24-13-11-10-12-18-38(56)51-37(45(4,5)6)26-32-16-14-17-32;1-8-7(10)6-4-3-5-9(6)2;2*1-2/h1,19-20,26-27,37H,2,10-18,21-22,24-25,28-29,50H2,3-8H3,(H,51,56);6H,3-5H2,1-2H3,(H,8,10);2H2,1H3;2H,1H3/t;6-;;/m.0../s1. The van der Waals surface area contributed by atoms with Crippen LogP contribution < -0.4 is 31.7 Å². The molecule has 1 aromatic heterocycles. The molecule has 71 heavy (non-hydrogen) atoms. The number of anilines is 2. The number of fused-ring (bicyclic) bond motifs is 1. The molecule has 1 saturated carbocycles. The molecule has 1 aliphatic carbocycles. The third-order valence-corrected chi connectivity index (χ3v) is 13.9. The number of rotatable bonds is 17. The number of nitrogens with two attached hydrogens (primary N) is 2. The highest BCUT2D eigenvalue weighted by Crippen LogP contribution is 2.44. The van der Waals surface area contributed by atoms with Crippen molar-refractivity contribution in [3.05, 3.63) is 58.4 Å². The lowest BCUT2D eigenvalue weighted by Crippen LogP contribution is -2.46. The fourth-order valence-corrected chi connectivity index (χ4v) is 9.76. The quantitative estimate of drug-likeness (QED) is 0.0374. The molecule has 2 aromatic carbocycles. The second-order valence-electron chi connectivity index (χ2n) is 20.0. The molecule has 7 N–H and O–H groups in total. The number of halogens is 2. The third kappa shape index (κ3) is 16.4. The number of ether oxygens (including phenoxy) is 1. The first kappa shape index (κ1) is 60.0. The number of piperidine rings is 1. The number of nitrogens with zero attached hydrogens (tertiary/aromatic N) is 6. The number of aliphatic hydroxyl groups excluding tert-OH is 1. The number of aryl methyl sites for hydroxylation is 1. The Labute approximate surface area is 428 Å². The largest absolute Gasteiger partial charge is 0.463 e. The first-order valence-corrected chi connectivity index (χ1v) is 25.3. The Bertz CT molecular complexity index is 2380. The number of carbonyl (C=O) groups excluding carboxylic acids is 2. The molecule has 3 atom stereocenters. The second-order valence-corrected chi connectivity index (χ2v) is 20.4. The molecule has 3 aliphatic rings. The zero-order valence-corrected chi connectivity index (χ0v) is 45.0. The highest BCUT2D eigenvalue weighted by molar-refractivity contribution is 6.35. The number of nitrogen functional groups attached to an aromatic ring is 1. The summed E-state index contributed by atoms with van der Waals surface area (Å²) in [5.74, 6) is 2.80. The maximum Gasteiger partial charge on any atom is 0.318 e. The van der Waals surface area contributed by atoms with Gasteiger partial charge in [0.1, 0.15) is 11.6 Å². The number of likely N-dealkylation sites (N-methyl/N-ethyl adjacent to an activating group) is 2. The molecule has 16 heteroatoms. The summed E-state index contributed by atoms with van der Waals surface area (Å²) < 4.78 is 21.1. The zero-order valence-electron chi connectivity index (χ0n) is 44.2. The number of aliphatic hydroxyl groups is 1. The molecule has 2 saturated heterocycles. The van der Waals surface area contributed by atoms with Crippen molar-refractivity contribution in [1.29, 1.82) is 5.26 Å². The SMILES string of the molecule is C#CC(=C)c1c(-c2c(Cl)cc3c(N(C)C)nc(OCC4(CC#N)CCCN(CCCCCCC(=O)NC(C=C5CCC5)C(C)(C)C)C4)nc3c2C)ccc(F)c1N.CN.CNC(=O)[C@@H]1CCCN1C.CO. The monoisotopic (exact) mass is 1000 g/mol. The van der Waals surface area contributed by atoms with Crippen LogP contribution in [0.2, 0.25) is 5.02 Å². The normalized spacial score (nSPS) is 18.1. The first-order chi connectivity index (χ1) is 33.8. The summed E-state index contributed by atoms with van der Waals surface area (Å²) in [7, 11) is 9.96. The molecule has 6 rings (SSSR count). The summed E-state index contributed by atoms with van der Waals surface area (Å²) in [4.78, 5) is 40.0. The van der Waals surface area contributed by atoms with Crippen molar-refractivity contribution < 1.29 is 23.8 Å². The lowest BCUT2D eigenvalue weighted by Gasteiger charge is -2.41. The van der Waals surface area contributed by atoms with E-state index in [1.54, 1.807) is 19.2 Å². The van der Waals surface area contributed by atoms with Crippen molar-refractivity contribution in [2.24, 2.45) is 16.6 Å². The third-order valence-electron chi connectivity index (χ3n) is 13.6. The molecule has 3 aromatic rings. The van der Waals surface area contributed by atoms with E-state index in [2.05, 4.69) is 71.6 Å². The van der Waals surface area contributed by atoms with E-state index < -0.39 is 5.82 Å². The zero-order chi connectivity index (χ0) is 53.1. The van der Waals surface area contributed by atoms with Gasteiger partial charge in [0, 0.05) is 80.2 Å². The number of amides is 2. The van der Waals surface area contributed by atoms with Crippen LogP contribution in [0.3, 0.4) is 0 Å². The van der Waals surface area contributed by atoms with E-state index in [0.717, 1.165) is 108 Å². The fourth-order valence-electron chi connectivity index (χ4n) is 9.41. The number of carbonyl (C=O) groups is 2. The van der Waals surface area contributed by atoms with Crippen molar-refractivity contribution >= 4 is 51.4 Å². The van der Waals surface area contributed by atoms with Crippen molar-refractivity contribution in [1.82, 2.24) is 30.4 Å². The summed E-state index contributed by atoms with van der Waals surface area (Å²) in [6.45, 7) is 16.4. The van der Waals surface area contributed by atoms with Gasteiger partial charge in [0.05, 0.1) is 36.0 Å². The Morgan fingerprint density at radius 1 is 1.14 bits per heavy atom. The average molecular weight is 1000 g/mol. The van der Waals surface area contributed by atoms with E-state index in [0.29, 0.717) is 45.9 Å². The first-order valence-electron chi connectivity index (χ1n) is 24.9. The van der Waals surface area contributed by atoms with E-state index in [9.17, 15) is 19.2 Å². The highest BCUT2D eigenvalue weighted by atomic mass is 35.5. The van der Waals surface area contributed by atoms with Crippen LogP contribution in [0.4, 0.5) is 15.9 Å². The van der Waals surface area contributed by atoms with Crippen LogP contribution >= 0.6 is 11.6 Å². The lowest BCUT2D eigenvalue weighted by atomic mass is 9.78. The number of hydrogen-bond donors (Lipinski definition) is 5. The molecule has 2 unspecified atom stereocenters. The molecule has 2 aliphatic heterocycles. The van der Waals surface area contributed by atoms with Gasteiger partial charge in [0.25, 0.3) is 0 Å². The van der Waals surface area contributed by atoms with Crippen LogP contribution in [0.1, 0.15) is 115 Å². The second kappa shape index (κ2) is 28.7. The maximum absolute atomic E-state index is 14.6. The predicted molar refractivity (Wildman–Crippen MR) is 289 cm³/mol. The maximum atomic E-state index is 14.6. The Kier molecular flexibility index (Phi) is 24.2. The summed E-state index contributed by atoms with van der Waals surface area (Å²) >= 11 is 6.95. The van der Waals surface area contributed by atoms with Gasteiger partial charge in [-0.2, -0.15) is 15.2 Å². The van der Waals surface area contributed by atoms with Gasteiger partial charge in [-0.25, -0.2) is 4.39 Å². The van der Waals surface area contributed by atoms with E-state index in [4.69, 9.17) is 43.6 Å². The number of allylic oxidation sites excluding steroid dienone is 2. The summed E-state index contributed by atoms with van der Waals surface area (Å²) in [6, 6.07) is 7.51. The number of nitrogens with one attached hydrogen (secondary N) is 2. The summed E-state index contributed by atoms with van der Waals surface area (Å²) in [5.41, 5.74) is 14.7. The van der Waals surface area contributed by atoms with Gasteiger partial charge in [-0.3, -0.25) is 14.5 Å². The number of unbranched alkanes of at least 4 members (excludes halogenated alkanes) is 3. The Hall–Kier alpha value is -5.29. The van der Waals surface area contributed by atoms with Crippen LogP contribution in [0, 0.1) is 47.2 Å². The van der Waals surface area contributed by atoms with Gasteiger partial charge in [0.15, 0.2) is 0 Å². The Morgan fingerprint density at radius 3 is 2.41 bits per heavy atom. The van der Waals surface area contributed by atoms with Crippen molar-refractivity contribution in [3.8, 4) is 35.6 Å². The van der Waals surface area contributed by atoms with E-state index in [1.807, 2.05) is 33.0 Å². The van der Waals surface area contributed by atoms with Gasteiger partial charge in [-0.15, -0.1) is 6.42 Å². The van der Waals surface area contributed by atoms with Crippen molar-refractivity contribution in [3.63, 3.8) is 0 Å². The minimum Gasteiger partial charge on any atom is -0.463 e. The van der Waals surface area contributed by atoms with Crippen molar-refractivity contribution in [2.75, 3.05) is 85.8 Å². The molecule has 390 valence electrons. The van der Waals surface area contributed by atoms with Crippen LogP contribution in [0.25, 0.3) is 27.6 Å². The number of terminal acetylenes is 1. The topological polar surface area (TPSA) is 199 Å². The summed E-state index contributed by atoms with van der Waals surface area (Å²) in [5, 5.41) is 24.0. The summed E-state index contributed by atoms with van der Waals surface area (Å²) in [6.07, 6.45) is 20.4. The molecular weight excluding hydrogens is 919 g/mol. The van der Waals surface area contributed by atoms with E-state index >= 15 is 0 Å². The van der Waals surface area contributed by atoms with Gasteiger partial charge in [-0.05, 0) is 127 Å². The number of benzene rings is 2. The Morgan fingerprint density at radius 2 is 1.83 bits per heavy atom. The van der Waals surface area contributed by atoms with E-state index in [1.165, 1.54) is 25.1 Å². The number of nitriles is 1. The molecule has 0 spiro atoms. The number of aromatic nitrogens is 2. The Balaban J connectivity index is 0.000000830. The van der Waals surface area contributed by atoms with Gasteiger partial charge >= 0.3 is 6.01 Å². The molecule has 0 radical (unpaired) electrons. The fraction of sp³-hybridized carbons (Fsp3) is 0.582. The minimum atomic E-state index is -0.598. The average Bonchev–Trinajstić information content (AvgIpc) is 3.77. The van der Waals surface area contributed by atoms with Gasteiger partial charge < -0.3 is 41.7 Å². The smallest absolute Gasteiger partial charge is 0.318 e. The van der Waals surface area contributed by atoms with Crippen LogP contribution in [-0.2, 0) is 9.59 Å². The van der Waals surface area contributed by atoms with Gasteiger partial charge in [0.2, 0.25) is 11.8 Å². The molecule has 2 amide bonds. The number of hydrogen-bond acceptors (Lipinski definition) is 12. The van der Waals surface area contributed by atoms with Crippen LogP contribution in [-0.4, -0.2) is 124 Å². The van der Waals surface area contributed by atoms with Crippen LogP contribution in [0.5, 0.6) is 6.01 Å². The predicted octanol–water partition coefficient (Wildman–Crippen LogP) is 8.67. The van der Waals surface area contributed by atoms with Crippen molar-refractivity contribution in [2.45, 2.75) is 123 Å². The highest BCUT2D eigenvalue weighted by Gasteiger charge is 2.37. The van der Waals surface area contributed by atoms with E-state index in [-0.39, 0.29) is 58.6 Å².